The Hall–Kier alpha value is -1.01. The van der Waals surface area contributed by atoms with Gasteiger partial charge >= 0.3 is 0 Å². The van der Waals surface area contributed by atoms with E-state index in [4.69, 9.17) is 4.74 Å². The second-order valence-electron chi connectivity index (χ2n) is 8.38. The van der Waals surface area contributed by atoms with E-state index >= 15 is 0 Å². The molecule has 0 amide bonds. The molecule has 2 aliphatic heterocycles. The fourth-order valence-corrected chi connectivity index (χ4v) is 6.29. The van der Waals surface area contributed by atoms with Crippen LogP contribution in [0, 0.1) is 11.3 Å². The molecule has 0 aromatic heterocycles. The number of likely N-dealkylation sites (tertiary alicyclic amines) is 1. The molecule has 5 aliphatic rings. The highest BCUT2D eigenvalue weighted by atomic mass is 16.5. The number of rotatable bonds is 1. The minimum Gasteiger partial charge on any atom is -0.386 e. The molecule has 2 unspecified atom stereocenters. The summed E-state index contributed by atoms with van der Waals surface area (Å²) >= 11 is 0. The predicted molar refractivity (Wildman–Crippen MR) is 87.3 cm³/mol. The number of piperidine rings is 1. The number of aliphatic hydroxyl groups is 2. The first kappa shape index (κ1) is 15.3. The van der Waals surface area contributed by atoms with Crippen molar-refractivity contribution < 1.29 is 19.7 Å². The third-order valence-electron chi connectivity index (χ3n) is 7.52. The normalized spacial score (nSPS) is 52.4. The molecule has 2 fully saturated rings. The van der Waals surface area contributed by atoms with Crippen LogP contribution < -0.4 is 0 Å². The van der Waals surface area contributed by atoms with Crippen molar-refractivity contribution in [3.63, 3.8) is 0 Å². The lowest BCUT2D eigenvalue weighted by molar-refractivity contribution is -0.160. The quantitative estimate of drug-likeness (QED) is 0.696. The van der Waals surface area contributed by atoms with E-state index in [9.17, 15) is 15.0 Å². The van der Waals surface area contributed by atoms with Gasteiger partial charge in [-0.25, -0.2) is 0 Å². The van der Waals surface area contributed by atoms with Crippen molar-refractivity contribution in [2.24, 2.45) is 11.3 Å². The average Bonchev–Trinajstić information content (AvgIpc) is 2.90. The van der Waals surface area contributed by atoms with Crippen molar-refractivity contribution in [1.82, 2.24) is 4.90 Å². The number of carbonyl (C=O) groups is 1. The summed E-state index contributed by atoms with van der Waals surface area (Å²) in [6.07, 6.45) is 5.52. The smallest absolute Gasteiger partial charge is 0.164 e. The van der Waals surface area contributed by atoms with Gasteiger partial charge in [-0.05, 0) is 51.8 Å². The number of ketones is 1. The monoisotopic (exact) mass is 331 g/mol. The second-order valence-corrected chi connectivity index (χ2v) is 8.38. The SMILES string of the molecule is CC(=O)C1(O)CCC2=C3C1O[C@H]1[C@@H](O)C=C[C@H]4[C@@H](C2)N(C)CC[C@@]341. The first-order valence-electron chi connectivity index (χ1n) is 9.07. The van der Waals surface area contributed by atoms with Crippen LogP contribution in [0.2, 0.25) is 0 Å². The highest BCUT2D eigenvalue weighted by molar-refractivity contribution is 5.87. The average molecular weight is 331 g/mol. The van der Waals surface area contributed by atoms with Gasteiger partial charge in [0.2, 0.25) is 0 Å². The molecule has 0 aromatic carbocycles. The zero-order chi connectivity index (χ0) is 16.9. The van der Waals surface area contributed by atoms with Crippen molar-refractivity contribution in [2.45, 2.75) is 62.6 Å². The largest absolute Gasteiger partial charge is 0.386 e. The molecule has 24 heavy (non-hydrogen) atoms. The molecule has 2 N–H and O–H groups in total. The van der Waals surface area contributed by atoms with Gasteiger partial charge in [-0.2, -0.15) is 0 Å². The fourth-order valence-electron chi connectivity index (χ4n) is 6.29. The third kappa shape index (κ3) is 1.53. The van der Waals surface area contributed by atoms with Gasteiger partial charge in [-0.3, -0.25) is 4.79 Å². The molecule has 5 heteroatoms. The summed E-state index contributed by atoms with van der Waals surface area (Å²) in [4.78, 5) is 14.7. The van der Waals surface area contributed by atoms with Crippen molar-refractivity contribution in [3.05, 3.63) is 23.3 Å². The highest BCUT2D eigenvalue weighted by Gasteiger charge is 2.69. The molecule has 7 atom stereocenters. The lowest BCUT2D eigenvalue weighted by Crippen LogP contribution is -2.62. The van der Waals surface area contributed by atoms with Crippen LogP contribution in [0.5, 0.6) is 0 Å². The fraction of sp³-hybridized carbons (Fsp3) is 0.737. The van der Waals surface area contributed by atoms with Crippen molar-refractivity contribution in [2.75, 3.05) is 13.6 Å². The summed E-state index contributed by atoms with van der Waals surface area (Å²) in [6.45, 7) is 2.42. The summed E-state index contributed by atoms with van der Waals surface area (Å²) in [5.41, 5.74) is 0.844. The van der Waals surface area contributed by atoms with E-state index < -0.39 is 17.8 Å². The summed E-state index contributed by atoms with van der Waals surface area (Å²) in [7, 11) is 2.18. The summed E-state index contributed by atoms with van der Waals surface area (Å²) in [6, 6.07) is 0.426. The Morgan fingerprint density at radius 1 is 1.38 bits per heavy atom. The Labute approximate surface area is 142 Å². The first-order valence-corrected chi connectivity index (χ1v) is 9.07. The molecule has 2 heterocycles. The molecule has 5 nitrogen and oxygen atoms in total. The van der Waals surface area contributed by atoms with Gasteiger partial charge in [0.15, 0.2) is 11.4 Å². The Bertz CT molecular complexity index is 685. The molecule has 0 saturated carbocycles. The lowest BCUT2D eigenvalue weighted by Gasteiger charge is -2.58. The van der Waals surface area contributed by atoms with E-state index in [0.717, 1.165) is 31.4 Å². The Balaban J connectivity index is 1.74. The van der Waals surface area contributed by atoms with Gasteiger partial charge in [0.1, 0.15) is 6.10 Å². The lowest BCUT2D eigenvalue weighted by atomic mass is 9.50. The third-order valence-corrected chi connectivity index (χ3v) is 7.52. The maximum Gasteiger partial charge on any atom is 0.164 e. The zero-order valence-corrected chi connectivity index (χ0v) is 14.2. The van der Waals surface area contributed by atoms with E-state index in [-0.39, 0.29) is 17.3 Å². The van der Waals surface area contributed by atoms with E-state index in [0.29, 0.717) is 18.4 Å². The molecule has 2 bridgehead atoms. The second kappa shape index (κ2) is 4.58. The van der Waals surface area contributed by atoms with Crippen LogP contribution in [0.4, 0.5) is 0 Å². The Morgan fingerprint density at radius 3 is 2.92 bits per heavy atom. The van der Waals surface area contributed by atoms with E-state index in [2.05, 4.69) is 18.0 Å². The maximum atomic E-state index is 12.2. The van der Waals surface area contributed by atoms with Gasteiger partial charge in [-0.1, -0.05) is 17.7 Å². The van der Waals surface area contributed by atoms with Gasteiger partial charge in [0.05, 0.1) is 12.2 Å². The number of nitrogens with zero attached hydrogens (tertiary/aromatic N) is 1. The minimum atomic E-state index is -1.44. The number of hydrogen-bond donors (Lipinski definition) is 2. The molecule has 0 radical (unpaired) electrons. The molecular weight excluding hydrogens is 306 g/mol. The molecule has 0 aromatic rings. The summed E-state index contributed by atoms with van der Waals surface area (Å²) in [5.74, 6) is 0.0749. The molecular formula is C19H25NO4. The highest BCUT2D eigenvalue weighted by Crippen LogP contribution is 2.65. The van der Waals surface area contributed by atoms with E-state index in [1.165, 1.54) is 12.5 Å². The summed E-state index contributed by atoms with van der Waals surface area (Å²) < 4.78 is 6.30. The van der Waals surface area contributed by atoms with Crippen molar-refractivity contribution >= 4 is 5.78 Å². The van der Waals surface area contributed by atoms with Gasteiger partial charge in [0, 0.05) is 17.4 Å². The Morgan fingerprint density at radius 2 is 2.17 bits per heavy atom. The predicted octanol–water partition coefficient (Wildman–Crippen LogP) is 0.805. The van der Waals surface area contributed by atoms with Crippen LogP contribution in [0.3, 0.4) is 0 Å². The van der Waals surface area contributed by atoms with Gasteiger partial charge in [0.25, 0.3) is 0 Å². The van der Waals surface area contributed by atoms with Crippen LogP contribution in [-0.2, 0) is 9.53 Å². The molecule has 130 valence electrons. The number of hydrogen-bond acceptors (Lipinski definition) is 5. The first-order chi connectivity index (χ1) is 11.4. The van der Waals surface area contributed by atoms with Gasteiger partial charge < -0.3 is 19.8 Å². The van der Waals surface area contributed by atoms with E-state index in [1.54, 1.807) is 0 Å². The molecule has 5 rings (SSSR count). The van der Waals surface area contributed by atoms with Crippen molar-refractivity contribution in [3.8, 4) is 0 Å². The number of carbonyl (C=O) groups excluding carboxylic acids is 1. The molecule has 2 saturated heterocycles. The topological polar surface area (TPSA) is 70.0 Å². The maximum absolute atomic E-state index is 12.2. The Kier molecular flexibility index (Phi) is 2.91. The van der Waals surface area contributed by atoms with Crippen LogP contribution in [-0.4, -0.2) is 64.4 Å². The molecule has 1 spiro atoms. The number of ether oxygens (including phenoxy) is 1. The van der Waals surface area contributed by atoms with Gasteiger partial charge in [-0.15, -0.1) is 0 Å². The van der Waals surface area contributed by atoms with Crippen LogP contribution in [0.25, 0.3) is 0 Å². The van der Waals surface area contributed by atoms with Crippen LogP contribution in [0.1, 0.15) is 32.6 Å². The van der Waals surface area contributed by atoms with Crippen LogP contribution in [0.15, 0.2) is 23.3 Å². The van der Waals surface area contributed by atoms with Crippen LogP contribution >= 0.6 is 0 Å². The summed E-state index contributed by atoms with van der Waals surface area (Å²) in [5, 5.41) is 21.7. The standard InChI is InChI=1S/C19H25NO4/c1-10(21)19(23)6-5-11-9-13-12-3-4-14(22)16-18(12,7-8-20(13)2)15(11)17(19)24-16/h3-4,12-14,16-17,22-23H,5-9H2,1-2H3/t12-,13+,14-,16-,17?,18-,19?/m0/s1. The molecule has 3 aliphatic carbocycles. The zero-order valence-electron chi connectivity index (χ0n) is 14.2. The number of aliphatic hydroxyl groups excluding tert-OH is 1. The minimum absolute atomic E-state index is 0.219. The number of Topliss-reactive ketones (excluding diaryl/α,β-unsaturated/α-hetero) is 1. The van der Waals surface area contributed by atoms with E-state index in [1.807, 2.05) is 6.08 Å². The van der Waals surface area contributed by atoms with Crippen molar-refractivity contribution in [1.29, 1.82) is 0 Å².